The Hall–Kier alpha value is -0.690. The number of nitrogens with zero attached hydrogens (tertiary/aromatic N) is 1. The van der Waals surface area contributed by atoms with Crippen LogP contribution in [-0.2, 0) is 6.42 Å². The molecule has 0 atom stereocenters. The van der Waals surface area contributed by atoms with Crippen LogP contribution in [0.3, 0.4) is 0 Å². The molecular formula is C11H14ClN. The first-order chi connectivity index (χ1) is 6.18. The molecule has 1 nitrogen and oxygen atoms in total. The van der Waals surface area contributed by atoms with Crippen molar-refractivity contribution < 1.29 is 0 Å². The van der Waals surface area contributed by atoms with Crippen LogP contribution in [0.1, 0.15) is 19.4 Å². The highest BCUT2D eigenvalue weighted by atomic mass is 35.5. The minimum atomic E-state index is 0.586. The second kappa shape index (κ2) is 3.22. The van der Waals surface area contributed by atoms with Gasteiger partial charge in [-0.25, -0.2) is 0 Å². The van der Waals surface area contributed by atoms with Crippen LogP contribution in [-0.4, -0.2) is 12.6 Å². The first kappa shape index (κ1) is 8.89. The zero-order valence-electron chi connectivity index (χ0n) is 8.05. The van der Waals surface area contributed by atoms with E-state index in [4.69, 9.17) is 11.6 Å². The van der Waals surface area contributed by atoms with Crippen LogP contribution >= 0.6 is 11.6 Å². The van der Waals surface area contributed by atoms with E-state index < -0.39 is 0 Å². The zero-order chi connectivity index (χ0) is 9.42. The molecule has 2 heteroatoms. The lowest BCUT2D eigenvalue weighted by molar-refractivity contribution is 0.710. The highest BCUT2D eigenvalue weighted by Crippen LogP contribution is 2.31. The molecule has 0 spiro atoms. The van der Waals surface area contributed by atoms with E-state index in [2.05, 4.69) is 30.9 Å². The van der Waals surface area contributed by atoms with Crippen LogP contribution in [0, 0.1) is 0 Å². The molecule has 0 unspecified atom stereocenters. The average Bonchev–Trinajstić information content (AvgIpc) is 2.46. The van der Waals surface area contributed by atoms with Gasteiger partial charge in [0.05, 0.1) is 0 Å². The second-order valence-corrected chi connectivity index (χ2v) is 4.25. The van der Waals surface area contributed by atoms with Gasteiger partial charge in [0.1, 0.15) is 0 Å². The number of benzene rings is 1. The monoisotopic (exact) mass is 195 g/mol. The Labute approximate surface area is 84.3 Å². The van der Waals surface area contributed by atoms with Crippen molar-refractivity contribution in [1.29, 1.82) is 0 Å². The third-order valence-electron chi connectivity index (χ3n) is 2.60. The van der Waals surface area contributed by atoms with E-state index in [1.807, 2.05) is 6.07 Å². The van der Waals surface area contributed by atoms with Crippen molar-refractivity contribution in [2.45, 2.75) is 26.3 Å². The van der Waals surface area contributed by atoms with Gasteiger partial charge in [-0.3, -0.25) is 0 Å². The number of halogens is 1. The SMILES string of the molecule is CC(C)N1CCc2cc(Cl)ccc21. The van der Waals surface area contributed by atoms with Crippen LogP contribution in [0.15, 0.2) is 18.2 Å². The topological polar surface area (TPSA) is 3.24 Å². The van der Waals surface area contributed by atoms with Crippen molar-refractivity contribution in [1.82, 2.24) is 0 Å². The van der Waals surface area contributed by atoms with Crippen molar-refractivity contribution in [3.8, 4) is 0 Å². The van der Waals surface area contributed by atoms with Gasteiger partial charge in [-0.2, -0.15) is 0 Å². The lowest BCUT2D eigenvalue weighted by atomic mass is 10.2. The smallest absolute Gasteiger partial charge is 0.0410 e. The molecule has 1 heterocycles. The molecule has 0 N–H and O–H groups in total. The first-order valence-corrected chi connectivity index (χ1v) is 5.11. The first-order valence-electron chi connectivity index (χ1n) is 4.73. The quantitative estimate of drug-likeness (QED) is 0.666. The van der Waals surface area contributed by atoms with E-state index in [1.54, 1.807) is 0 Å². The molecular weight excluding hydrogens is 182 g/mol. The fourth-order valence-corrected chi connectivity index (χ4v) is 2.13. The zero-order valence-corrected chi connectivity index (χ0v) is 8.80. The highest BCUT2D eigenvalue weighted by Gasteiger charge is 2.20. The number of rotatable bonds is 1. The molecule has 0 bridgehead atoms. The summed E-state index contributed by atoms with van der Waals surface area (Å²) in [6, 6.07) is 6.77. The predicted molar refractivity (Wildman–Crippen MR) is 57.6 cm³/mol. The molecule has 1 aliphatic rings. The molecule has 0 saturated carbocycles. The van der Waals surface area contributed by atoms with Gasteiger partial charge in [0.2, 0.25) is 0 Å². The molecule has 13 heavy (non-hydrogen) atoms. The summed E-state index contributed by atoms with van der Waals surface area (Å²) in [5, 5.41) is 0.851. The Morgan fingerprint density at radius 1 is 1.38 bits per heavy atom. The van der Waals surface area contributed by atoms with E-state index in [0.717, 1.165) is 18.0 Å². The van der Waals surface area contributed by atoms with Gasteiger partial charge >= 0.3 is 0 Å². The molecule has 0 radical (unpaired) electrons. The average molecular weight is 196 g/mol. The number of hydrogen-bond acceptors (Lipinski definition) is 1. The van der Waals surface area contributed by atoms with E-state index in [-0.39, 0.29) is 0 Å². The maximum atomic E-state index is 5.93. The normalized spacial score (nSPS) is 15.2. The Balaban J connectivity index is 2.38. The highest BCUT2D eigenvalue weighted by molar-refractivity contribution is 6.30. The van der Waals surface area contributed by atoms with Crippen LogP contribution in [0.25, 0.3) is 0 Å². The Bertz CT molecular complexity index is 320. The van der Waals surface area contributed by atoms with E-state index in [0.29, 0.717) is 6.04 Å². The lowest BCUT2D eigenvalue weighted by Gasteiger charge is -2.23. The molecule has 1 aromatic rings. The summed E-state index contributed by atoms with van der Waals surface area (Å²) < 4.78 is 0. The summed E-state index contributed by atoms with van der Waals surface area (Å²) in [4.78, 5) is 2.42. The molecule has 1 aliphatic heterocycles. The van der Waals surface area contributed by atoms with Gasteiger partial charge in [-0.1, -0.05) is 11.6 Å². The summed E-state index contributed by atoms with van der Waals surface area (Å²) in [5.41, 5.74) is 2.75. The van der Waals surface area contributed by atoms with Crippen molar-refractivity contribution >= 4 is 17.3 Å². The van der Waals surface area contributed by atoms with Crippen molar-refractivity contribution in [2.24, 2.45) is 0 Å². The van der Waals surface area contributed by atoms with Gasteiger partial charge in [0.15, 0.2) is 0 Å². The minimum Gasteiger partial charge on any atom is -0.369 e. The molecule has 2 rings (SSSR count). The summed E-state index contributed by atoms with van der Waals surface area (Å²) in [5.74, 6) is 0. The van der Waals surface area contributed by atoms with Crippen LogP contribution in [0.5, 0.6) is 0 Å². The Morgan fingerprint density at radius 2 is 2.15 bits per heavy atom. The van der Waals surface area contributed by atoms with E-state index >= 15 is 0 Å². The second-order valence-electron chi connectivity index (χ2n) is 3.81. The molecule has 1 aromatic carbocycles. The standard InChI is InChI=1S/C11H14ClN/c1-8(2)13-6-5-9-7-10(12)3-4-11(9)13/h3-4,7-8H,5-6H2,1-2H3. The summed E-state index contributed by atoms with van der Waals surface area (Å²) in [6.45, 7) is 5.58. The fourth-order valence-electron chi connectivity index (χ4n) is 1.93. The largest absolute Gasteiger partial charge is 0.369 e. The summed E-state index contributed by atoms with van der Waals surface area (Å²) in [7, 11) is 0. The van der Waals surface area contributed by atoms with Crippen LogP contribution in [0.2, 0.25) is 5.02 Å². The third kappa shape index (κ3) is 1.53. The van der Waals surface area contributed by atoms with E-state index in [1.165, 1.54) is 11.3 Å². The predicted octanol–water partition coefficient (Wildman–Crippen LogP) is 3.11. The molecule has 0 fully saturated rings. The Morgan fingerprint density at radius 3 is 2.85 bits per heavy atom. The minimum absolute atomic E-state index is 0.586. The number of fused-ring (bicyclic) bond motifs is 1. The van der Waals surface area contributed by atoms with Crippen molar-refractivity contribution in [2.75, 3.05) is 11.4 Å². The molecule has 70 valence electrons. The van der Waals surface area contributed by atoms with Gasteiger partial charge in [0.25, 0.3) is 0 Å². The maximum Gasteiger partial charge on any atom is 0.0410 e. The summed E-state index contributed by atoms with van der Waals surface area (Å²) >= 11 is 5.93. The number of hydrogen-bond donors (Lipinski definition) is 0. The number of anilines is 1. The fraction of sp³-hybridized carbons (Fsp3) is 0.455. The van der Waals surface area contributed by atoms with Crippen LogP contribution < -0.4 is 4.90 Å². The third-order valence-corrected chi connectivity index (χ3v) is 2.83. The molecule has 0 amide bonds. The van der Waals surface area contributed by atoms with Gasteiger partial charge in [-0.05, 0) is 44.0 Å². The van der Waals surface area contributed by atoms with E-state index in [9.17, 15) is 0 Å². The van der Waals surface area contributed by atoms with Gasteiger partial charge < -0.3 is 4.90 Å². The summed E-state index contributed by atoms with van der Waals surface area (Å²) in [6.07, 6.45) is 1.13. The molecule has 0 aromatic heterocycles. The maximum absolute atomic E-state index is 5.93. The van der Waals surface area contributed by atoms with Crippen molar-refractivity contribution in [3.63, 3.8) is 0 Å². The van der Waals surface area contributed by atoms with Gasteiger partial charge in [-0.15, -0.1) is 0 Å². The molecule has 0 saturated heterocycles. The van der Waals surface area contributed by atoms with Gasteiger partial charge in [0, 0.05) is 23.3 Å². The molecule has 0 aliphatic carbocycles. The van der Waals surface area contributed by atoms with Crippen LogP contribution in [0.4, 0.5) is 5.69 Å². The Kier molecular flexibility index (Phi) is 2.20. The van der Waals surface area contributed by atoms with Crippen molar-refractivity contribution in [3.05, 3.63) is 28.8 Å². The lowest BCUT2D eigenvalue weighted by Crippen LogP contribution is -2.28.